The number of Topliss-reactive ketones (excluding diaryl/α,β-unsaturated/α-hetero) is 2. The molecule has 6 N–H and O–H groups in total. The molecule has 0 radical (unpaired) electrons. The summed E-state index contributed by atoms with van der Waals surface area (Å²) < 4.78 is 14.5. The van der Waals surface area contributed by atoms with Crippen molar-refractivity contribution in [3.8, 4) is 0 Å². The molecule has 1 aromatic carbocycles. The maximum Gasteiger partial charge on any atom is 0.160 e. The number of hydrogen-bond acceptors (Lipinski definition) is 9. The van der Waals surface area contributed by atoms with E-state index in [0.717, 1.165) is 87.8 Å². The highest BCUT2D eigenvalue weighted by atomic mass is 16.6. The fourth-order valence-corrected chi connectivity index (χ4v) is 20.2. The van der Waals surface area contributed by atoms with Crippen molar-refractivity contribution < 1.29 is 34.4 Å². The van der Waals surface area contributed by atoms with Gasteiger partial charge >= 0.3 is 0 Å². The van der Waals surface area contributed by atoms with Crippen LogP contribution >= 0.6 is 0 Å². The van der Waals surface area contributed by atoms with Crippen LogP contribution in [0.15, 0.2) is 41.7 Å². The zero-order valence-electron chi connectivity index (χ0n) is 47.8. The van der Waals surface area contributed by atoms with Gasteiger partial charge in [-0.05, 0) is 196 Å². The lowest BCUT2D eigenvalue weighted by Crippen LogP contribution is -2.72. The molecule has 3 aliphatic heterocycles. The van der Waals surface area contributed by atoms with E-state index in [1.807, 2.05) is 27.9 Å². The average Bonchev–Trinajstić information content (AvgIpc) is 3.58. The first-order valence-electron chi connectivity index (χ1n) is 30.4. The van der Waals surface area contributed by atoms with E-state index in [2.05, 4.69) is 85.4 Å². The summed E-state index contributed by atoms with van der Waals surface area (Å²) in [5, 5.41) is 45.6. The van der Waals surface area contributed by atoms with Gasteiger partial charge in [0.15, 0.2) is 5.78 Å². The molecule has 14 unspecified atom stereocenters. The molecule has 9 aliphatic rings. The lowest BCUT2D eigenvalue weighted by molar-refractivity contribution is -0.262. The van der Waals surface area contributed by atoms with E-state index in [1.165, 1.54) is 65.4 Å². The van der Waals surface area contributed by atoms with Gasteiger partial charge in [-0.3, -0.25) is 9.59 Å². The number of ketones is 2. The zero-order chi connectivity index (χ0) is 53.5. The Morgan fingerprint density at radius 2 is 1.58 bits per heavy atom. The molecule has 5 heterocycles. The zero-order valence-corrected chi connectivity index (χ0v) is 47.8. The van der Waals surface area contributed by atoms with Crippen LogP contribution in [0.1, 0.15) is 191 Å². The van der Waals surface area contributed by atoms with Crippen LogP contribution in [0.5, 0.6) is 0 Å². The van der Waals surface area contributed by atoms with Crippen molar-refractivity contribution in [2.45, 2.75) is 212 Å². The quantitative estimate of drug-likeness (QED) is 0.0971. The normalized spacial score (nSPS) is 40.9. The van der Waals surface area contributed by atoms with E-state index >= 15 is 9.59 Å². The number of carbonyl (C=O) groups excluding carboxylic acids is 2. The lowest BCUT2D eigenvalue weighted by Gasteiger charge is -2.74. The Morgan fingerprint density at radius 1 is 0.868 bits per heavy atom. The second-order valence-electron chi connectivity index (χ2n) is 28.8. The van der Waals surface area contributed by atoms with Crippen molar-refractivity contribution in [1.82, 2.24) is 20.2 Å². The molecule has 6 aliphatic carbocycles. The van der Waals surface area contributed by atoms with Crippen molar-refractivity contribution in [1.29, 1.82) is 0 Å². The lowest BCUT2D eigenvalue weighted by atomic mass is 9.30. The van der Waals surface area contributed by atoms with Crippen LogP contribution in [0.4, 0.5) is 0 Å². The molecule has 0 bridgehead atoms. The molecule has 0 amide bonds. The summed E-state index contributed by atoms with van der Waals surface area (Å²) in [6.45, 7) is 19.4. The number of carbonyl (C=O) groups is 2. The van der Waals surface area contributed by atoms with E-state index in [-0.39, 0.29) is 29.6 Å². The molecule has 2 aromatic heterocycles. The smallest absolute Gasteiger partial charge is 0.160 e. The molecular formula is C65H94N4O7. The highest BCUT2D eigenvalue weighted by Crippen LogP contribution is 2.80. The number of aliphatic hydroxyl groups is 3. The van der Waals surface area contributed by atoms with Gasteiger partial charge in [0.1, 0.15) is 11.9 Å². The Bertz CT molecular complexity index is 2740. The summed E-state index contributed by atoms with van der Waals surface area (Å²) in [6.07, 6.45) is 17.6. The van der Waals surface area contributed by atoms with Gasteiger partial charge in [0, 0.05) is 80.3 Å². The van der Waals surface area contributed by atoms with Crippen molar-refractivity contribution in [2.75, 3.05) is 40.4 Å². The number of aryl methyl sites for hydroxylation is 1. The third kappa shape index (κ3) is 8.00. The molecule has 3 aromatic rings. The van der Waals surface area contributed by atoms with Gasteiger partial charge in [0.2, 0.25) is 0 Å². The van der Waals surface area contributed by atoms with Crippen molar-refractivity contribution in [2.24, 2.45) is 56.2 Å². The standard InChI is InChI=1S/C65H94N4O7/c1-59(2)58(76-59)49(72)30-60(3)19-15-41-35-68-54-44(27-38-25-42(39-13-11-10-12-14-39)28-43(26-38)40-17-23-75-24-18-40)36-69(55(41)54)37-46-52-53(60)48(71)31-63(52,6)62(5)20-16-50-61(4,21-22-66-8)51(73)33-65(64(50,7)57(62)56(46)74)29-45(34-67-9)47(70)32-65/h25-26,28,35-36,39-40,45-47,49-50,56-58,66-68,70,72,74H,10-24,27,29-34,37H2,1-9H3. The molecule has 7 fully saturated rings. The summed E-state index contributed by atoms with van der Waals surface area (Å²) >= 11 is 0. The number of nitrogens with one attached hydrogen (secondary N) is 3. The third-order valence-corrected chi connectivity index (χ3v) is 24.3. The minimum Gasteiger partial charge on any atom is -0.393 e. The highest BCUT2D eigenvalue weighted by molar-refractivity contribution is 6.02. The summed E-state index contributed by atoms with van der Waals surface area (Å²) in [7, 11) is 3.93. The molecular weight excluding hydrogens is 949 g/mol. The van der Waals surface area contributed by atoms with Gasteiger partial charge in [0.05, 0.1) is 34.9 Å². The Kier molecular flexibility index (Phi) is 13.4. The van der Waals surface area contributed by atoms with Gasteiger partial charge in [0.25, 0.3) is 0 Å². The van der Waals surface area contributed by atoms with Gasteiger partial charge < -0.3 is 45.0 Å². The van der Waals surface area contributed by atoms with E-state index in [9.17, 15) is 15.3 Å². The fourth-order valence-electron chi connectivity index (χ4n) is 20.2. The van der Waals surface area contributed by atoms with Crippen LogP contribution in [-0.2, 0) is 38.4 Å². The Labute approximate surface area is 453 Å². The SMILES string of the molecule is CNCCC1(C)C(=O)CC2(CC(O)C(CNC)C2)C2(C)C1CCC1(C)C2C(O)C2Cn3cc(Cc4cc(C5CCCCC5)cc(C5CCOCC5)c4)c4[nH]cc(c43)CCC(C)(CC(O)C3OC3(C)C)C3=C2C1(C)CC3=O. The molecule has 416 valence electrons. The van der Waals surface area contributed by atoms with E-state index in [1.54, 1.807) is 0 Å². The Hall–Kier alpha value is -3.16. The number of fused-ring (bicyclic) bond motifs is 5. The number of epoxide rings is 1. The number of H-pyrrole nitrogens is 1. The molecule has 11 nitrogen and oxygen atoms in total. The van der Waals surface area contributed by atoms with E-state index in [0.29, 0.717) is 62.8 Å². The van der Waals surface area contributed by atoms with Crippen LogP contribution in [0.3, 0.4) is 0 Å². The van der Waals surface area contributed by atoms with Crippen molar-refractivity contribution >= 4 is 22.6 Å². The number of benzene rings is 1. The van der Waals surface area contributed by atoms with E-state index in [4.69, 9.17) is 9.47 Å². The second-order valence-corrected chi connectivity index (χ2v) is 28.8. The number of aromatic amines is 1. The minimum absolute atomic E-state index is 0.00696. The van der Waals surface area contributed by atoms with Crippen LogP contribution in [0.2, 0.25) is 0 Å². The molecule has 12 rings (SSSR count). The number of allylic oxidation sites excluding steroid dienone is 1. The van der Waals surface area contributed by atoms with Gasteiger partial charge in [-0.15, -0.1) is 0 Å². The minimum atomic E-state index is -0.849. The Balaban J connectivity index is 1.03. The predicted molar refractivity (Wildman–Crippen MR) is 298 cm³/mol. The summed E-state index contributed by atoms with van der Waals surface area (Å²) in [5.74, 6) is 0.856. The number of aliphatic hydroxyl groups excluding tert-OH is 3. The number of rotatable bonds is 12. The van der Waals surface area contributed by atoms with Gasteiger partial charge in [-0.2, -0.15) is 0 Å². The first kappa shape index (κ1) is 53.5. The van der Waals surface area contributed by atoms with Crippen LogP contribution < -0.4 is 10.6 Å². The van der Waals surface area contributed by atoms with Gasteiger partial charge in [-0.1, -0.05) is 72.1 Å². The molecule has 5 saturated carbocycles. The summed E-state index contributed by atoms with van der Waals surface area (Å²) in [6, 6.07) is 7.57. The maximum atomic E-state index is 15.8. The molecule has 1 spiro atoms. The third-order valence-electron chi connectivity index (χ3n) is 24.3. The molecule has 11 heteroatoms. The van der Waals surface area contributed by atoms with Crippen LogP contribution in [0.25, 0.3) is 11.0 Å². The first-order chi connectivity index (χ1) is 36.1. The topological polar surface area (TPSA) is 161 Å². The maximum absolute atomic E-state index is 15.8. The second kappa shape index (κ2) is 19.0. The fraction of sp³-hybridized carbons (Fsp3) is 0.754. The predicted octanol–water partition coefficient (Wildman–Crippen LogP) is 10.3. The first-order valence-corrected chi connectivity index (χ1v) is 30.4. The van der Waals surface area contributed by atoms with Crippen LogP contribution in [-0.4, -0.2) is 107 Å². The largest absolute Gasteiger partial charge is 0.393 e. The van der Waals surface area contributed by atoms with Crippen LogP contribution in [0, 0.1) is 56.2 Å². The van der Waals surface area contributed by atoms with Crippen molar-refractivity contribution in [3.63, 3.8) is 0 Å². The van der Waals surface area contributed by atoms with Crippen molar-refractivity contribution in [3.05, 3.63) is 69.6 Å². The highest BCUT2D eigenvalue weighted by Gasteiger charge is 2.78. The number of nitrogens with zero attached hydrogens (tertiary/aromatic N) is 1. The monoisotopic (exact) mass is 1040 g/mol. The number of ether oxygens (including phenoxy) is 2. The molecule has 76 heavy (non-hydrogen) atoms. The molecule has 14 atom stereocenters. The number of aromatic nitrogens is 2. The number of hydrogen-bond donors (Lipinski definition) is 6. The summed E-state index contributed by atoms with van der Waals surface area (Å²) in [4.78, 5) is 34.8. The molecule has 2 saturated heterocycles. The summed E-state index contributed by atoms with van der Waals surface area (Å²) in [5.41, 5.74) is 7.15. The average molecular weight is 1040 g/mol. The van der Waals surface area contributed by atoms with E-state index < -0.39 is 62.3 Å². The van der Waals surface area contributed by atoms with Gasteiger partial charge in [-0.25, -0.2) is 0 Å². The Morgan fingerprint density at radius 3 is 2.26 bits per heavy atom.